The molecule has 14 heavy (non-hydrogen) atoms. The van der Waals surface area contributed by atoms with Crippen molar-refractivity contribution in [2.24, 2.45) is 5.73 Å². The number of halogens is 1. The molecule has 0 spiro atoms. The minimum absolute atomic E-state index is 0. The highest BCUT2D eigenvalue weighted by molar-refractivity contribution is 5.85. The molecular formula is C10H16ClNO2. The standard InChI is InChI=1S/C10H15NO2.ClH/c1-7-4-8(2-3-10(7)13)5-9(11)6-12;/h2-4,9,12-13H,5-6,11H2,1H3;1H. The first-order chi connectivity index (χ1) is 6.13. The summed E-state index contributed by atoms with van der Waals surface area (Å²) in [4.78, 5) is 0. The number of aliphatic hydroxyl groups is 1. The van der Waals surface area contributed by atoms with Crippen molar-refractivity contribution in [3.63, 3.8) is 0 Å². The van der Waals surface area contributed by atoms with Crippen molar-refractivity contribution in [3.05, 3.63) is 29.3 Å². The van der Waals surface area contributed by atoms with Crippen LogP contribution in [0.4, 0.5) is 0 Å². The van der Waals surface area contributed by atoms with Crippen molar-refractivity contribution in [1.82, 2.24) is 0 Å². The number of phenolic OH excluding ortho intramolecular Hbond substituents is 1. The first kappa shape index (κ1) is 13.2. The maximum atomic E-state index is 9.25. The lowest BCUT2D eigenvalue weighted by Crippen LogP contribution is -2.26. The zero-order valence-electron chi connectivity index (χ0n) is 8.10. The molecule has 0 saturated heterocycles. The maximum Gasteiger partial charge on any atom is 0.118 e. The minimum atomic E-state index is -0.219. The number of rotatable bonds is 3. The topological polar surface area (TPSA) is 66.5 Å². The lowest BCUT2D eigenvalue weighted by molar-refractivity contribution is 0.265. The van der Waals surface area contributed by atoms with Crippen molar-refractivity contribution >= 4 is 12.4 Å². The molecule has 0 aliphatic rings. The Bertz CT molecular complexity index is 291. The van der Waals surface area contributed by atoms with Gasteiger partial charge in [0.2, 0.25) is 0 Å². The molecule has 1 aromatic carbocycles. The third-order valence-corrected chi connectivity index (χ3v) is 1.99. The summed E-state index contributed by atoms with van der Waals surface area (Å²) in [7, 11) is 0. The van der Waals surface area contributed by atoms with Gasteiger partial charge in [-0.25, -0.2) is 0 Å². The molecule has 0 aliphatic carbocycles. The molecule has 4 N–H and O–H groups in total. The predicted octanol–water partition coefficient (Wildman–Crippen LogP) is 0.985. The van der Waals surface area contributed by atoms with Crippen LogP contribution in [-0.2, 0) is 6.42 Å². The molecule has 0 bridgehead atoms. The maximum absolute atomic E-state index is 9.25. The third-order valence-electron chi connectivity index (χ3n) is 1.99. The summed E-state index contributed by atoms with van der Waals surface area (Å²) < 4.78 is 0. The van der Waals surface area contributed by atoms with Crippen LogP contribution in [0.5, 0.6) is 5.75 Å². The Labute approximate surface area is 90.0 Å². The highest BCUT2D eigenvalue weighted by Crippen LogP contribution is 2.17. The van der Waals surface area contributed by atoms with Gasteiger partial charge in [-0.3, -0.25) is 0 Å². The molecule has 4 heteroatoms. The zero-order chi connectivity index (χ0) is 9.84. The zero-order valence-corrected chi connectivity index (χ0v) is 8.92. The van der Waals surface area contributed by atoms with Gasteiger partial charge < -0.3 is 15.9 Å². The Morgan fingerprint density at radius 1 is 1.43 bits per heavy atom. The normalized spacial score (nSPS) is 11.9. The molecule has 80 valence electrons. The van der Waals surface area contributed by atoms with Gasteiger partial charge >= 0.3 is 0 Å². The fourth-order valence-electron chi connectivity index (χ4n) is 1.21. The van der Waals surface area contributed by atoms with Gasteiger partial charge in [0.15, 0.2) is 0 Å². The van der Waals surface area contributed by atoms with Crippen LogP contribution in [0.15, 0.2) is 18.2 Å². The fraction of sp³-hybridized carbons (Fsp3) is 0.400. The Hall–Kier alpha value is -0.770. The van der Waals surface area contributed by atoms with E-state index in [2.05, 4.69) is 0 Å². The van der Waals surface area contributed by atoms with Crippen molar-refractivity contribution in [2.45, 2.75) is 19.4 Å². The average Bonchev–Trinajstić information content (AvgIpc) is 2.11. The fourth-order valence-corrected chi connectivity index (χ4v) is 1.21. The summed E-state index contributed by atoms with van der Waals surface area (Å²) in [6, 6.07) is 5.13. The van der Waals surface area contributed by atoms with Gasteiger partial charge in [-0.05, 0) is 30.5 Å². The van der Waals surface area contributed by atoms with E-state index in [1.54, 1.807) is 6.07 Å². The van der Waals surface area contributed by atoms with E-state index in [4.69, 9.17) is 10.8 Å². The summed E-state index contributed by atoms with van der Waals surface area (Å²) in [5.74, 6) is 0.293. The van der Waals surface area contributed by atoms with E-state index in [9.17, 15) is 5.11 Å². The molecule has 3 nitrogen and oxygen atoms in total. The van der Waals surface area contributed by atoms with Gasteiger partial charge in [-0.1, -0.05) is 12.1 Å². The summed E-state index contributed by atoms with van der Waals surface area (Å²) in [5.41, 5.74) is 7.46. The van der Waals surface area contributed by atoms with Crippen molar-refractivity contribution in [2.75, 3.05) is 6.61 Å². The number of benzene rings is 1. The first-order valence-electron chi connectivity index (χ1n) is 4.28. The van der Waals surface area contributed by atoms with Gasteiger partial charge in [0.25, 0.3) is 0 Å². The number of phenols is 1. The Morgan fingerprint density at radius 2 is 2.07 bits per heavy atom. The minimum Gasteiger partial charge on any atom is -0.508 e. The van der Waals surface area contributed by atoms with E-state index in [0.717, 1.165) is 11.1 Å². The van der Waals surface area contributed by atoms with Crippen LogP contribution in [0, 0.1) is 6.92 Å². The highest BCUT2D eigenvalue weighted by atomic mass is 35.5. The van der Waals surface area contributed by atoms with E-state index >= 15 is 0 Å². The van der Waals surface area contributed by atoms with Crippen LogP contribution in [0.2, 0.25) is 0 Å². The number of aryl methyl sites for hydroxylation is 1. The quantitative estimate of drug-likeness (QED) is 0.707. The van der Waals surface area contributed by atoms with E-state index in [1.165, 1.54) is 0 Å². The molecule has 0 aromatic heterocycles. The molecule has 0 fully saturated rings. The molecule has 1 rings (SSSR count). The average molecular weight is 218 g/mol. The van der Waals surface area contributed by atoms with Gasteiger partial charge in [0.05, 0.1) is 6.61 Å². The predicted molar refractivity (Wildman–Crippen MR) is 58.9 cm³/mol. The van der Waals surface area contributed by atoms with Crippen LogP contribution in [0.3, 0.4) is 0 Å². The van der Waals surface area contributed by atoms with Crippen molar-refractivity contribution in [1.29, 1.82) is 0 Å². The van der Waals surface area contributed by atoms with Gasteiger partial charge in [0.1, 0.15) is 5.75 Å². The van der Waals surface area contributed by atoms with Crippen LogP contribution in [0.1, 0.15) is 11.1 Å². The van der Waals surface area contributed by atoms with E-state index < -0.39 is 0 Å². The number of aliphatic hydroxyl groups excluding tert-OH is 1. The van der Waals surface area contributed by atoms with Crippen LogP contribution < -0.4 is 5.73 Å². The Kier molecular flexibility index (Phi) is 5.53. The second kappa shape index (κ2) is 5.86. The smallest absolute Gasteiger partial charge is 0.118 e. The largest absolute Gasteiger partial charge is 0.508 e. The second-order valence-electron chi connectivity index (χ2n) is 3.27. The molecule has 0 aliphatic heterocycles. The van der Waals surface area contributed by atoms with E-state index in [0.29, 0.717) is 12.2 Å². The van der Waals surface area contributed by atoms with Gasteiger partial charge in [0, 0.05) is 6.04 Å². The Morgan fingerprint density at radius 3 is 2.57 bits per heavy atom. The second-order valence-corrected chi connectivity index (χ2v) is 3.27. The SMILES string of the molecule is Cc1cc(CC(N)CO)ccc1O.Cl. The number of hydrogen-bond acceptors (Lipinski definition) is 3. The summed E-state index contributed by atoms with van der Waals surface area (Å²) in [5, 5.41) is 18.0. The molecule has 0 saturated carbocycles. The number of nitrogens with two attached hydrogens (primary N) is 1. The number of aromatic hydroxyl groups is 1. The van der Waals surface area contributed by atoms with Gasteiger partial charge in [-0.15, -0.1) is 12.4 Å². The Balaban J connectivity index is 0.00000169. The summed E-state index contributed by atoms with van der Waals surface area (Å²) in [6.45, 7) is 1.82. The molecule has 1 unspecified atom stereocenters. The van der Waals surface area contributed by atoms with Crippen molar-refractivity contribution in [3.8, 4) is 5.75 Å². The number of hydrogen-bond donors (Lipinski definition) is 3. The first-order valence-corrected chi connectivity index (χ1v) is 4.28. The molecular weight excluding hydrogens is 202 g/mol. The molecule has 0 amide bonds. The molecule has 1 atom stereocenters. The van der Waals surface area contributed by atoms with E-state index in [-0.39, 0.29) is 25.1 Å². The highest BCUT2D eigenvalue weighted by Gasteiger charge is 2.03. The van der Waals surface area contributed by atoms with Crippen LogP contribution in [-0.4, -0.2) is 22.9 Å². The van der Waals surface area contributed by atoms with E-state index in [1.807, 2.05) is 19.1 Å². The molecule has 1 aromatic rings. The lowest BCUT2D eigenvalue weighted by atomic mass is 10.0. The lowest BCUT2D eigenvalue weighted by Gasteiger charge is -2.08. The third kappa shape index (κ3) is 3.54. The monoisotopic (exact) mass is 217 g/mol. The summed E-state index contributed by atoms with van der Waals surface area (Å²) in [6.07, 6.45) is 0.637. The van der Waals surface area contributed by atoms with Gasteiger partial charge in [-0.2, -0.15) is 0 Å². The van der Waals surface area contributed by atoms with Crippen LogP contribution in [0.25, 0.3) is 0 Å². The van der Waals surface area contributed by atoms with Crippen molar-refractivity contribution < 1.29 is 10.2 Å². The molecule has 0 radical (unpaired) electrons. The van der Waals surface area contributed by atoms with Crippen LogP contribution >= 0.6 is 12.4 Å². The molecule has 0 heterocycles. The summed E-state index contributed by atoms with van der Waals surface area (Å²) >= 11 is 0.